The van der Waals surface area contributed by atoms with Gasteiger partial charge in [0.05, 0.1) is 6.10 Å². The first-order valence-electron chi connectivity index (χ1n) is 8.77. The zero-order valence-corrected chi connectivity index (χ0v) is 14.7. The number of anilines is 1. The maximum Gasteiger partial charge on any atom is 0.253 e. The van der Waals surface area contributed by atoms with Crippen LogP contribution < -0.4 is 10.6 Å². The second-order valence-corrected chi connectivity index (χ2v) is 6.35. The molecule has 1 heterocycles. The Labute approximate surface area is 156 Å². The second kappa shape index (κ2) is 8.75. The first kappa shape index (κ1) is 19.0. The van der Waals surface area contributed by atoms with E-state index < -0.39 is 18.0 Å². The number of nitrogens with one attached hydrogen (secondary N) is 2. The molecule has 0 aliphatic carbocycles. The van der Waals surface area contributed by atoms with Crippen molar-refractivity contribution in [3.8, 4) is 0 Å². The molecule has 0 bridgehead atoms. The van der Waals surface area contributed by atoms with Gasteiger partial charge in [0, 0.05) is 24.4 Å². The molecule has 0 spiro atoms. The van der Waals surface area contributed by atoms with Gasteiger partial charge >= 0.3 is 0 Å². The Morgan fingerprint density at radius 2 is 2.00 bits per heavy atom. The average molecular weight is 372 g/mol. The van der Waals surface area contributed by atoms with Crippen molar-refractivity contribution in [2.45, 2.75) is 25.0 Å². The highest BCUT2D eigenvalue weighted by Crippen LogP contribution is 2.17. The molecular weight excluding hydrogens is 351 g/mol. The van der Waals surface area contributed by atoms with Gasteiger partial charge in [0.15, 0.2) is 0 Å². The summed E-state index contributed by atoms with van der Waals surface area (Å²) in [7, 11) is 0. The molecule has 0 saturated carbocycles. The van der Waals surface area contributed by atoms with Gasteiger partial charge in [0.25, 0.3) is 11.8 Å². The number of carbonyl (C=O) groups is 2. The van der Waals surface area contributed by atoms with E-state index >= 15 is 0 Å². The summed E-state index contributed by atoms with van der Waals surface area (Å²) in [6, 6.07) is 12.0. The van der Waals surface area contributed by atoms with Crippen molar-refractivity contribution < 1.29 is 23.8 Å². The van der Waals surface area contributed by atoms with Crippen molar-refractivity contribution in [1.82, 2.24) is 5.32 Å². The van der Waals surface area contributed by atoms with E-state index in [1.165, 1.54) is 24.3 Å². The Morgan fingerprint density at radius 1 is 1.22 bits per heavy atom. The zero-order chi connectivity index (χ0) is 19.2. The number of hydrogen-bond acceptors (Lipinski definition) is 4. The minimum absolute atomic E-state index is 0.0169. The fourth-order valence-electron chi connectivity index (χ4n) is 2.84. The number of carbonyl (C=O) groups excluding carboxylic acids is 2. The molecule has 142 valence electrons. The molecule has 2 aromatic rings. The summed E-state index contributed by atoms with van der Waals surface area (Å²) in [5, 5.41) is 15.5. The van der Waals surface area contributed by atoms with Crippen LogP contribution in [0.25, 0.3) is 0 Å². The van der Waals surface area contributed by atoms with Gasteiger partial charge in [-0.1, -0.05) is 18.2 Å². The molecule has 0 radical (unpaired) electrons. The largest absolute Gasteiger partial charge is 0.387 e. The molecule has 7 heteroatoms. The smallest absolute Gasteiger partial charge is 0.253 e. The molecule has 3 N–H and O–H groups in total. The quantitative estimate of drug-likeness (QED) is 0.727. The number of rotatable bonds is 6. The predicted octanol–water partition coefficient (Wildman–Crippen LogP) is 2.41. The summed E-state index contributed by atoms with van der Waals surface area (Å²) in [6.07, 6.45) is 0.148. The van der Waals surface area contributed by atoms with Crippen LogP contribution in [0.5, 0.6) is 0 Å². The number of aliphatic hydroxyl groups excluding tert-OH is 1. The number of halogens is 1. The van der Waals surface area contributed by atoms with Gasteiger partial charge < -0.3 is 20.5 Å². The third kappa shape index (κ3) is 5.12. The summed E-state index contributed by atoms with van der Waals surface area (Å²) >= 11 is 0. The van der Waals surface area contributed by atoms with E-state index in [0.717, 1.165) is 6.42 Å². The van der Waals surface area contributed by atoms with Crippen LogP contribution in [-0.2, 0) is 9.53 Å². The molecule has 2 atom stereocenters. The maximum absolute atomic E-state index is 12.9. The van der Waals surface area contributed by atoms with Gasteiger partial charge in [-0.15, -0.1) is 0 Å². The second-order valence-electron chi connectivity index (χ2n) is 6.35. The van der Waals surface area contributed by atoms with Gasteiger partial charge in [-0.3, -0.25) is 9.59 Å². The molecule has 1 fully saturated rings. The van der Waals surface area contributed by atoms with Crippen molar-refractivity contribution in [3.63, 3.8) is 0 Å². The monoisotopic (exact) mass is 372 g/mol. The van der Waals surface area contributed by atoms with E-state index in [-0.39, 0.29) is 18.4 Å². The fourth-order valence-corrected chi connectivity index (χ4v) is 2.84. The summed E-state index contributed by atoms with van der Waals surface area (Å²) in [5.74, 6) is -1.00. The number of aliphatic hydroxyl groups is 1. The van der Waals surface area contributed by atoms with Crippen LogP contribution in [0.1, 0.15) is 34.9 Å². The van der Waals surface area contributed by atoms with Gasteiger partial charge in [-0.2, -0.15) is 0 Å². The van der Waals surface area contributed by atoms with Crippen LogP contribution >= 0.6 is 0 Å². The Hall–Kier alpha value is -2.77. The van der Waals surface area contributed by atoms with Crippen molar-refractivity contribution in [2.75, 3.05) is 18.5 Å². The predicted molar refractivity (Wildman–Crippen MR) is 97.7 cm³/mol. The van der Waals surface area contributed by atoms with Crippen molar-refractivity contribution in [3.05, 3.63) is 65.5 Å². The van der Waals surface area contributed by atoms with E-state index in [0.29, 0.717) is 29.8 Å². The first-order valence-corrected chi connectivity index (χ1v) is 8.77. The standard InChI is InChI=1S/C20H21FN2O4/c21-15-8-6-13(7-9-15)17(24)12-22-19(25)14-3-1-4-16(11-14)23-20(26)18-5-2-10-27-18/h1,3-4,6-9,11,17-18,24H,2,5,10,12H2,(H,22,25)(H,23,26)/t17-,18+/m0/s1. The number of ether oxygens (including phenoxy) is 1. The molecule has 3 rings (SSSR count). The Kier molecular flexibility index (Phi) is 6.16. The van der Waals surface area contributed by atoms with Gasteiger partial charge in [-0.05, 0) is 48.7 Å². The lowest BCUT2D eigenvalue weighted by Crippen LogP contribution is -2.29. The van der Waals surface area contributed by atoms with Crippen LogP contribution in [0, 0.1) is 5.82 Å². The molecule has 2 aromatic carbocycles. The fraction of sp³-hybridized carbons (Fsp3) is 0.300. The lowest BCUT2D eigenvalue weighted by atomic mass is 10.1. The van der Waals surface area contributed by atoms with Gasteiger partial charge in [0.2, 0.25) is 0 Å². The third-order valence-corrected chi connectivity index (χ3v) is 4.33. The van der Waals surface area contributed by atoms with Crippen LogP contribution in [-0.4, -0.2) is 36.2 Å². The Balaban J connectivity index is 1.56. The highest BCUT2D eigenvalue weighted by Gasteiger charge is 2.23. The van der Waals surface area contributed by atoms with Crippen LogP contribution in [0.3, 0.4) is 0 Å². The Bertz CT molecular complexity index is 804. The van der Waals surface area contributed by atoms with Crippen LogP contribution in [0.2, 0.25) is 0 Å². The molecular formula is C20H21FN2O4. The average Bonchev–Trinajstić information content (AvgIpc) is 3.21. The van der Waals surface area contributed by atoms with Gasteiger partial charge in [0.1, 0.15) is 11.9 Å². The van der Waals surface area contributed by atoms with Crippen LogP contribution in [0.15, 0.2) is 48.5 Å². The SMILES string of the molecule is O=C(NC[C@H](O)c1ccc(F)cc1)c1cccc(NC(=O)[C@H]2CCCO2)c1. The van der Waals surface area contributed by atoms with E-state index in [9.17, 15) is 19.1 Å². The van der Waals surface area contributed by atoms with Crippen molar-refractivity contribution in [1.29, 1.82) is 0 Å². The highest BCUT2D eigenvalue weighted by molar-refractivity contribution is 5.98. The minimum atomic E-state index is -0.947. The molecule has 2 amide bonds. The summed E-state index contributed by atoms with van der Waals surface area (Å²) < 4.78 is 18.3. The van der Waals surface area contributed by atoms with E-state index in [1.807, 2.05) is 0 Å². The molecule has 1 aliphatic rings. The van der Waals surface area contributed by atoms with Crippen molar-refractivity contribution in [2.24, 2.45) is 0 Å². The third-order valence-electron chi connectivity index (χ3n) is 4.33. The molecule has 1 aliphatic heterocycles. The Morgan fingerprint density at radius 3 is 2.70 bits per heavy atom. The number of amides is 2. The van der Waals surface area contributed by atoms with E-state index in [2.05, 4.69) is 10.6 Å². The maximum atomic E-state index is 12.9. The van der Waals surface area contributed by atoms with Crippen LogP contribution in [0.4, 0.5) is 10.1 Å². The van der Waals surface area contributed by atoms with Gasteiger partial charge in [-0.25, -0.2) is 4.39 Å². The van der Waals surface area contributed by atoms with E-state index in [4.69, 9.17) is 4.74 Å². The molecule has 1 saturated heterocycles. The summed E-state index contributed by atoms with van der Waals surface area (Å²) in [4.78, 5) is 24.4. The minimum Gasteiger partial charge on any atom is -0.387 e. The lowest BCUT2D eigenvalue weighted by Gasteiger charge is -2.13. The molecule has 27 heavy (non-hydrogen) atoms. The summed E-state index contributed by atoms with van der Waals surface area (Å²) in [5.41, 5.74) is 1.36. The van der Waals surface area contributed by atoms with Crippen molar-refractivity contribution >= 4 is 17.5 Å². The normalized spacial score (nSPS) is 17.3. The first-order chi connectivity index (χ1) is 13.0. The van der Waals surface area contributed by atoms with E-state index in [1.54, 1.807) is 24.3 Å². The molecule has 0 aromatic heterocycles. The summed E-state index contributed by atoms with van der Waals surface area (Å²) in [6.45, 7) is 0.563. The lowest BCUT2D eigenvalue weighted by molar-refractivity contribution is -0.124. The number of benzene rings is 2. The topological polar surface area (TPSA) is 87.7 Å². The number of hydrogen-bond donors (Lipinski definition) is 3. The zero-order valence-electron chi connectivity index (χ0n) is 14.7. The molecule has 6 nitrogen and oxygen atoms in total. The highest BCUT2D eigenvalue weighted by atomic mass is 19.1. The molecule has 0 unspecified atom stereocenters.